The topological polar surface area (TPSA) is 75.7 Å². The van der Waals surface area contributed by atoms with Crippen molar-refractivity contribution in [1.82, 2.24) is 4.31 Å². The molecule has 0 aromatic heterocycles. The van der Waals surface area contributed by atoms with Crippen molar-refractivity contribution >= 4 is 44.8 Å². The summed E-state index contributed by atoms with van der Waals surface area (Å²) in [6.45, 7) is 4.75. The largest absolute Gasteiger partial charge is 0.494 e. The Kier molecular flexibility index (Phi) is 7.29. The molecule has 6 nitrogen and oxygen atoms in total. The lowest BCUT2D eigenvalue weighted by Crippen LogP contribution is -2.41. The number of halogens is 2. The molecule has 3 rings (SSSR count). The van der Waals surface area contributed by atoms with E-state index in [2.05, 4.69) is 5.32 Å². The van der Waals surface area contributed by atoms with E-state index in [0.717, 1.165) is 5.56 Å². The maximum atomic E-state index is 13.0. The van der Waals surface area contributed by atoms with Gasteiger partial charge in [0.1, 0.15) is 5.75 Å². The fourth-order valence-corrected chi connectivity index (χ4v) is 5.50. The van der Waals surface area contributed by atoms with E-state index < -0.39 is 10.0 Å². The van der Waals surface area contributed by atoms with Crippen LogP contribution in [0.3, 0.4) is 0 Å². The summed E-state index contributed by atoms with van der Waals surface area (Å²) in [5, 5.41) is 3.50. The zero-order chi connectivity index (χ0) is 21.9. The molecule has 1 amide bonds. The number of anilines is 1. The molecule has 1 fully saturated rings. The molecule has 1 heterocycles. The quantitative estimate of drug-likeness (QED) is 0.661. The van der Waals surface area contributed by atoms with Gasteiger partial charge in [0.05, 0.1) is 27.2 Å². The molecule has 1 saturated heterocycles. The summed E-state index contributed by atoms with van der Waals surface area (Å²) in [4.78, 5) is 12.9. The number of hydrogen-bond donors (Lipinski definition) is 1. The van der Waals surface area contributed by atoms with Crippen LogP contribution in [0.4, 0.5) is 5.69 Å². The van der Waals surface area contributed by atoms with Gasteiger partial charge >= 0.3 is 0 Å². The molecule has 162 valence electrons. The first-order valence-corrected chi connectivity index (χ1v) is 11.9. The molecule has 0 unspecified atom stereocenters. The Labute approximate surface area is 187 Å². The van der Waals surface area contributed by atoms with Crippen LogP contribution in [0.15, 0.2) is 41.3 Å². The normalized spacial score (nSPS) is 15.7. The maximum absolute atomic E-state index is 13.0. The number of sulfonamides is 1. The molecular weight excluding hydrogens is 447 g/mol. The summed E-state index contributed by atoms with van der Waals surface area (Å²) in [7, 11) is -3.63. The van der Waals surface area contributed by atoms with Crippen LogP contribution in [0.2, 0.25) is 10.0 Å². The standard InChI is InChI=1S/C21H24Cl2N2O4S/c1-3-29-19-8-7-16(13-14(19)2)30(27,28)25-11-9-15(10-12-25)21(26)24-20-17(22)5-4-6-18(20)23/h4-8,13,15H,3,9-12H2,1-2H3,(H,24,26). The van der Waals surface area contributed by atoms with Crippen LogP contribution < -0.4 is 10.1 Å². The Morgan fingerprint density at radius 3 is 2.37 bits per heavy atom. The number of para-hydroxylation sites is 1. The molecule has 0 aliphatic carbocycles. The first-order valence-electron chi connectivity index (χ1n) is 9.72. The first-order chi connectivity index (χ1) is 14.2. The molecule has 2 aromatic rings. The highest BCUT2D eigenvalue weighted by molar-refractivity contribution is 7.89. The van der Waals surface area contributed by atoms with E-state index in [1.807, 2.05) is 13.8 Å². The summed E-state index contributed by atoms with van der Waals surface area (Å²) < 4.78 is 32.9. The van der Waals surface area contributed by atoms with E-state index in [9.17, 15) is 13.2 Å². The molecule has 1 aliphatic rings. The number of benzene rings is 2. The number of nitrogens with one attached hydrogen (secondary N) is 1. The highest BCUT2D eigenvalue weighted by Gasteiger charge is 2.32. The Hall–Kier alpha value is -1.80. The second-order valence-corrected chi connectivity index (χ2v) is 9.88. The van der Waals surface area contributed by atoms with E-state index in [0.29, 0.717) is 40.9 Å². The van der Waals surface area contributed by atoms with Gasteiger partial charge in [-0.1, -0.05) is 29.3 Å². The van der Waals surface area contributed by atoms with Crippen molar-refractivity contribution in [1.29, 1.82) is 0 Å². The average Bonchev–Trinajstić information content (AvgIpc) is 2.72. The fraction of sp³-hybridized carbons (Fsp3) is 0.381. The van der Waals surface area contributed by atoms with Crippen LogP contribution in [-0.2, 0) is 14.8 Å². The van der Waals surface area contributed by atoms with Crippen molar-refractivity contribution in [2.45, 2.75) is 31.6 Å². The Morgan fingerprint density at radius 1 is 1.17 bits per heavy atom. The van der Waals surface area contributed by atoms with Gasteiger partial charge in [-0.05, 0) is 62.6 Å². The van der Waals surface area contributed by atoms with E-state index in [1.54, 1.807) is 36.4 Å². The summed E-state index contributed by atoms with van der Waals surface area (Å²) in [5.74, 6) is 0.148. The molecule has 0 saturated carbocycles. The van der Waals surface area contributed by atoms with Gasteiger partial charge in [0.2, 0.25) is 15.9 Å². The third-order valence-corrected chi connectivity index (χ3v) is 7.64. The van der Waals surface area contributed by atoms with E-state index in [4.69, 9.17) is 27.9 Å². The predicted molar refractivity (Wildman–Crippen MR) is 119 cm³/mol. The average molecular weight is 471 g/mol. The van der Waals surface area contributed by atoms with Gasteiger partial charge in [0, 0.05) is 19.0 Å². The maximum Gasteiger partial charge on any atom is 0.243 e. The van der Waals surface area contributed by atoms with Crippen LogP contribution in [-0.4, -0.2) is 38.3 Å². The lowest BCUT2D eigenvalue weighted by molar-refractivity contribution is -0.120. The molecule has 2 aromatic carbocycles. The zero-order valence-electron chi connectivity index (χ0n) is 16.8. The first kappa shape index (κ1) is 22.9. The van der Waals surface area contributed by atoms with E-state index >= 15 is 0 Å². The van der Waals surface area contributed by atoms with Gasteiger partial charge in [-0.15, -0.1) is 0 Å². The number of rotatable bonds is 6. The molecule has 0 radical (unpaired) electrons. The number of piperidine rings is 1. The third kappa shape index (κ3) is 4.91. The van der Waals surface area contributed by atoms with Gasteiger partial charge in [0.15, 0.2) is 0 Å². The minimum atomic E-state index is -3.63. The van der Waals surface area contributed by atoms with Crippen molar-refractivity contribution in [3.05, 3.63) is 52.0 Å². The number of carbonyl (C=O) groups is 1. The molecule has 9 heteroatoms. The highest BCUT2D eigenvalue weighted by atomic mass is 35.5. The monoisotopic (exact) mass is 470 g/mol. The molecule has 0 bridgehead atoms. The van der Waals surface area contributed by atoms with Crippen LogP contribution in [0.5, 0.6) is 5.75 Å². The molecule has 0 spiro atoms. The number of nitrogens with zero attached hydrogens (tertiary/aromatic N) is 1. The van der Waals surface area contributed by atoms with E-state index in [-0.39, 0.29) is 29.8 Å². The molecule has 1 aliphatic heterocycles. The zero-order valence-corrected chi connectivity index (χ0v) is 19.1. The Morgan fingerprint density at radius 2 is 1.80 bits per heavy atom. The van der Waals surface area contributed by atoms with Crippen molar-refractivity contribution in [2.75, 3.05) is 25.0 Å². The number of ether oxygens (including phenoxy) is 1. The fourth-order valence-electron chi connectivity index (χ4n) is 3.45. The van der Waals surface area contributed by atoms with E-state index in [1.165, 1.54) is 4.31 Å². The second kappa shape index (κ2) is 9.56. The Bertz CT molecular complexity index is 1020. The number of aryl methyl sites for hydroxylation is 1. The SMILES string of the molecule is CCOc1ccc(S(=O)(=O)N2CCC(C(=O)Nc3c(Cl)cccc3Cl)CC2)cc1C. The minimum absolute atomic E-state index is 0.209. The lowest BCUT2D eigenvalue weighted by atomic mass is 9.97. The lowest BCUT2D eigenvalue weighted by Gasteiger charge is -2.30. The third-order valence-electron chi connectivity index (χ3n) is 5.12. The van der Waals surface area contributed by atoms with Crippen molar-refractivity contribution in [3.8, 4) is 5.75 Å². The summed E-state index contributed by atoms with van der Waals surface area (Å²) in [6.07, 6.45) is 0.840. The van der Waals surface area contributed by atoms with Crippen LogP contribution >= 0.6 is 23.2 Å². The molecule has 0 atom stereocenters. The minimum Gasteiger partial charge on any atom is -0.494 e. The summed E-state index contributed by atoms with van der Waals surface area (Å²) in [6, 6.07) is 9.86. The van der Waals surface area contributed by atoms with Crippen LogP contribution in [0.25, 0.3) is 0 Å². The Balaban J connectivity index is 1.66. The van der Waals surface area contributed by atoms with Gasteiger partial charge in [-0.25, -0.2) is 8.42 Å². The van der Waals surface area contributed by atoms with Gasteiger partial charge < -0.3 is 10.1 Å². The second-order valence-electron chi connectivity index (χ2n) is 7.12. The highest BCUT2D eigenvalue weighted by Crippen LogP contribution is 2.32. The van der Waals surface area contributed by atoms with Crippen molar-refractivity contribution in [2.24, 2.45) is 5.92 Å². The summed E-state index contributed by atoms with van der Waals surface area (Å²) >= 11 is 12.2. The van der Waals surface area contributed by atoms with Gasteiger partial charge in [-0.2, -0.15) is 4.31 Å². The van der Waals surface area contributed by atoms with Gasteiger partial charge in [-0.3, -0.25) is 4.79 Å². The van der Waals surface area contributed by atoms with Crippen LogP contribution in [0.1, 0.15) is 25.3 Å². The number of carbonyl (C=O) groups excluding carboxylic acids is 1. The van der Waals surface area contributed by atoms with Gasteiger partial charge in [0.25, 0.3) is 0 Å². The van der Waals surface area contributed by atoms with Crippen molar-refractivity contribution < 1.29 is 17.9 Å². The van der Waals surface area contributed by atoms with Crippen LogP contribution in [0, 0.1) is 12.8 Å². The molecular formula is C21H24Cl2N2O4S. The number of amides is 1. The predicted octanol–water partition coefficient (Wildman–Crippen LogP) is 4.74. The smallest absolute Gasteiger partial charge is 0.243 e. The molecule has 30 heavy (non-hydrogen) atoms. The molecule has 1 N–H and O–H groups in total. The summed E-state index contributed by atoms with van der Waals surface area (Å²) in [5.41, 5.74) is 1.15. The number of hydrogen-bond acceptors (Lipinski definition) is 4. The van der Waals surface area contributed by atoms with Crippen molar-refractivity contribution in [3.63, 3.8) is 0 Å².